The number of benzene rings is 1. The molecule has 0 bridgehead atoms. The Hall–Kier alpha value is -1.20. The van der Waals surface area contributed by atoms with E-state index in [9.17, 15) is 21.6 Å². The fraction of sp³-hybridized carbons (Fsp3) is 0.562. The largest absolute Gasteiger partial charge is 0.324 e. The summed E-state index contributed by atoms with van der Waals surface area (Å²) in [6.45, 7) is -0.109. The number of hydrogen-bond donors (Lipinski definition) is 2. The van der Waals surface area contributed by atoms with E-state index in [4.69, 9.17) is 11.6 Å². The van der Waals surface area contributed by atoms with Crippen LogP contribution in [0.3, 0.4) is 0 Å². The van der Waals surface area contributed by atoms with E-state index in [1.807, 2.05) is 0 Å². The number of carbonyl (C=O) groups is 1. The maximum atomic E-state index is 12.5. The van der Waals surface area contributed by atoms with Crippen molar-refractivity contribution in [3.05, 3.63) is 29.3 Å². The molecule has 1 aromatic rings. The Morgan fingerprint density at radius 2 is 1.74 bits per heavy atom. The predicted octanol–water partition coefficient (Wildman–Crippen LogP) is 0.459. The number of para-hydroxylation sites is 1. The van der Waals surface area contributed by atoms with Crippen molar-refractivity contribution in [3.8, 4) is 0 Å². The van der Waals surface area contributed by atoms with Crippen LogP contribution in [-0.4, -0.2) is 69.4 Å². The zero-order chi connectivity index (χ0) is 19.7. The highest BCUT2D eigenvalue weighted by Gasteiger charge is 2.36. The minimum absolute atomic E-state index is 0.0187. The van der Waals surface area contributed by atoms with Crippen molar-refractivity contribution >= 4 is 42.9 Å². The average molecular weight is 436 g/mol. The molecule has 11 heteroatoms. The molecular weight excluding hydrogens is 414 g/mol. The Bertz CT molecular complexity index is 920. The predicted molar refractivity (Wildman–Crippen MR) is 104 cm³/mol. The highest BCUT2D eigenvalue weighted by molar-refractivity contribution is 7.91. The summed E-state index contributed by atoms with van der Waals surface area (Å²) in [5.74, 6) is -0.285. The van der Waals surface area contributed by atoms with Crippen LogP contribution in [0.1, 0.15) is 12.8 Å². The quantitative estimate of drug-likeness (QED) is 0.624. The normalized spacial score (nSPS) is 26.3. The summed E-state index contributed by atoms with van der Waals surface area (Å²) in [6.07, 6.45) is 0.832. The van der Waals surface area contributed by atoms with Crippen LogP contribution in [0.2, 0.25) is 5.02 Å². The lowest BCUT2D eigenvalue weighted by atomic mass is 10.2. The lowest BCUT2D eigenvalue weighted by Gasteiger charge is -2.30. The van der Waals surface area contributed by atoms with Gasteiger partial charge in [0.1, 0.15) is 0 Å². The van der Waals surface area contributed by atoms with Gasteiger partial charge in [-0.1, -0.05) is 23.7 Å². The fourth-order valence-electron chi connectivity index (χ4n) is 3.34. The number of hydrogen-bond acceptors (Lipinski definition) is 7. The molecule has 2 saturated heterocycles. The van der Waals surface area contributed by atoms with Gasteiger partial charge in [-0.2, -0.15) is 0 Å². The number of nitrogens with one attached hydrogen (secondary N) is 2. The summed E-state index contributed by atoms with van der Waals surface area (Å²) in [6, 6.07) is 6.10. The van der Waals surface area contributed by atoms with Crippen molar-refractivity contribution in [3.63, 3.8) is 0 Å². The van der Waals surface area contributed by atoms with Gasteiger partial charge in [-0.15, -0.1) is 0 Å². The molecule has 1 amide bonds. The maximum Gasteiger partial charge on any atom is 0.240 e. The number of carbonyl (C=O) groups excluding carboxylic acids is 1. The van der Waals surface area contributed by atoms with Crippen LogP contribution in [0.4, 0.5) is 5.69 Å². The van der Waals surface area contributed by atoms with E-state index in [0.717, 1.165) is 0 Å². The van der Waals surface area contributed by atoms with E-state index < -0.39 is 19.7 Å². The Balaban J connectivity index is 1.69. The van der Waals surface area contributed by atoms with Gasteiger partial charge in [0, 0.05) is 12.1 Å². The first-order valence-electron chi connectivity index (χ1n) is 8.62. The first kappa shape index (κ1) is 20.5. The minimum Gasteiger partial charge on any atom is -0.324 e. The first-order chi connectivity index (χ1) is 12.6. The molecule has 8 nitrogen and oxygen atoms in total. The lowest BCUT2D eigenvalue weighted by molar-refractivity contribution is -0.118. The summed E-state index contributed by atoms with van der Waals surface area (Å²) >= 11 is 6.05. The molecule has 150 valence electrons. The van der Waals surface area contributed by atoms with Crippen molar-refractivity contribution in [2.45, 2.75) is 24.9 Å². The summed E-state index contributed by atoms with van der Waals surface area (Å²) in [4.78, 5) is 12.5. The molecule has 0 aromatic heterocycles. The number of hydrazine groups is 1. The average Bonchev–Trinajstić information content (AvgIpc) is 3.10. The van der Waals surface area contributed by atoms with Gasteiger partial charge in [-0.3, -0.25) is 10.2 Å². The zero-order valence-corrected chi connectivity index (χ0v) is 17.0. The van der Waals surface area contributed by atoms with E-state index in [0.29, 0.717) is 23.6 Å². The van der Waals surface area contributed by atoms with Crippen LogP contribution in [0, 0.1) is 0 Å². The van der Waals surface area contributed by atoms with E-state index in [2.05, 4.69) is 10.7 Å². The molecular formula is C16H22ClN3O5S2. The van der Waals surface area contributed by atoms with Crippen LogP contribution in [0.5, 0.6) is 0 Å². The molecule has 0 aliphatic carbocycles. The molecule has 0 radical (unpaired) electrons. The Kier molecular flexibility index (Phi) is 6.11. The van der Waals surface area contributed by atoms with Crippen LogP contribution in [-0.2, 0) is 24.5 Å². The Morgan fingerprint density at radius 1 is 1.07 bits per heavy atom. The van der Waals surface area contributed by atoms with Gasteiger partial charge < -0.3 is 5.32 Å². The van der Waals surface area contributed by atoms with E-state index in [1.165, 1.54) is 0 Å². The third kappa shape index (κ3) is 5.64. The van der Waals surface area contributed by atoms with Gasteiger partial charge in [-0.25, -0.2) is 21.8 Å². The van der Waals surface area contributed by atoms with Crippen molar-refractivity contribution in [2.24, 2.45) is 0 Å². The molecule has 2 atom stereocenters. The monoisotopic (exact) mass is 435 g/mol. The Morgan fingerprint density at radius 3 is 2.33 bits per heavy atom. The second-order valence-electron chi connectivity index (χ2n) is 6.94. The third-order valence-corrected chi connectivity index (χ3v) is 8.54. The van der Waals surface area contributed by atoms with E-state index in [-0.39, 0.29) is 47.5 Å². The number of anilines is 1. The first-order valence-corrected chi connectivity index (χ1v) is 12.6. The lowest BCUT2D eigenvalue weighted by Crippen LogP contribution is -2.54. The van der Waals surface area contributed by atoms with Crippen molar-refractivity contribution in [2.75, 3.05) is 34.9 Å². The molecule has 1 aromatic carbocycles. The third-order valence-electron chi connectivity index (χ3n) is 4.69. The fourth-order valence-corrected chi connectivity index (χ4v) is 6.92. The van der Waals surface area contributed by atoms with Crippen molar-refractivity contribution in [1.29, 1.82) is 0 Å². The van der Waals surface area contributed by atoms with Crippen LogP contribution < -0.4 is 10.7 Å². The molecule has 2 unspecified atom stereocenters. The summed E-state index contributed by atoms with van der Waals surface area (Å²) in [7, 11) is -6.25. The van der Waals surface area contributed by atoms with Crippen molar-refractivity contribution < 1.29 is 21.6 Å². The number of halogens is 1. The topological polar surface area (TPSA) is 113 Å². The molecule has 0 spiro atoms. The van der Waals surface area contributed by atoms with Crippen molar-refractivity contribution in [1.82, 2.24) is 10.4 Å². The smallest absolute Gasteiger partial charge is 0.240 e. The second kappa shape index (κ2) is 8.04. The zero-order valence-electron chi connectivity index (χ0n) is 14.6. The molecule has 0 saturated carbocycles. The number of amides is 1. The van der Waals surface area contributed by atoms with Gasteiger partial charge in [0.05, 0.1) is 40.3 Å². The summed E-state index contributed by atoms with van der Waals surface area (Å²) in [5.41, 5.74) is 3.54. The molecule has 3 rings (SSSR count). The highest BCUT2D eigenvalue weighted by atomic mass is 35.5. The number of sulfone groups is 2. The SMILES string of the molecule is O=C(CN(NC1CCS(=O)(=O)C1)C1CCS(=O)(=O)C1)Nc1ccccc1Cl. The minimum atomic E-state index is -3.15. The standard InChI is InChI=1S/C16H22ClN3O5S2/c17-14-3-1-2-4-15(14)18-16(21)9-20(13-6-8-27(24,25)11-13)19-12-5-7-26(22,23)10-12/h1-4,12-13,19H,5-11H2,(H,18,21). The molecule has 2 heterocycles. The van der Waals surface area contributed by atoms with Gasteiger partial charge >= 0.3 is 0 Å². The molecule has 2 fully saturated rings. The summed E-state index contributed by atoms with van der Waals surface area (Å²) in [5, 5.41) is 4.68. The molecule has 27 heavy (non-hydrogen) atoms. The maximum absolute atomic E-state index is 12.5. The van der Waals surface area contributed by atoms with Crippen LogP contribution in [0.25, 0.3) is 0 Å². The number of nitrogens with zero attached hydrogens (tertiary/aromatic N) is 1. The highest BCUT2D eigenvalue weighted by Crippen LogP contribution is 2.22. The van der Waals surface area contributed by atoms with Gasteiger partial charge in [0.2, 0.25) is 5.91 Å². The number of rotatable bonds is 6. The molecule has 2 aliphatic rings. The summed E-state index contributed by atoms with van der Waals surface area (Å²) < 4.78 is 47.1. The molecule has 2 N–H and O–H groups in total. The molecule has 2 aliphatic heterocycles. The van der Waals surface area contributed by atoms with Gasteiger partial charge in [0.15, 0.2) is 19.7 Å². The second-order valence-corrected chi connectivity index (χ2v) is 11.8. The van der Waals surface area contributed by atoms with Gasteiger partial charge in [0.25, 0.3) is 0 Å². The van der Waals surface area contributed by atoms with Gasteiger partial charge in [-0.05, 0) is 25.0 Å². The van der Waals surface area contributed by atoms with E-state index in [1.54, 1.807) is 29.3 Å². The van der Waals surface area contributed by atoms with Crippen LogP contribution >= 0.6 is 11.6 Å². The van der Waals surface area contributed by atoms with Crippen LogP contribution in [0.15, 0.2) is 24.3 Å². The van der Waals surface area contributed by atoms with E-state index >= 15 is 0 Å². The Labute approximate surface area is 164 Å².